The topological polar surface area (TPSA) is 26.3 Å². The molecule has 0 aliphatic heterocycles. The van der Waals surface area contributed by atoms with Crippen molar-refractivity contribution in [3.8, 4) is 0 Å². The lowest BCUT2D eigenvalue weighted by molar-refractivity contribution is 0.122. The lowest BCUT2D eigenvalue weighted by atomic mass is 11.4. The fourth-order valence-electron chi connectivity index (χ4n) is 0.103. The molecule has 0 N–H and O–H groups in total. The van der Waals surface area contributed by atoms with Gasteiger partial charge in [-0.25, -0.2) is 9.18 Å². The molecule has 0 fully saturated rings. The van der Waals surface area contributed by atoms with Crippen molar-refractivity contribution in [2.45, 2.75) is 0 Å². The zero-order chi connectivity index (χ0) is 5.70. The molecule has 0 heterocycles. The summed E-state index contributed by atoms with van der Waals surface area (Å²) in [5.41, 5.74) is 0. The molecule has 0 amide bonds. The first-order valence-corrected chi connectivity index (χ1v) is 2.80. The minimum Gasteiger partial charge on any atom is -0.426 e. The van der Waals surface area contributed by atoms with Crippen LogP contribution in [-0.4, -0.2) is 18.4 Å². The van der Waals surface area contributed by atoms with Gasteiger partial charge < -0.3 is 4.74 Å². The van der Waals surface area contributed by atoms with E-state index in [-0.39, 0.29) is 0 Å². The highest BCUT2D eigenvalue weighted by molar-refractivity contribution is 8.12. The third-order valence-corrected chi connectivity index (χ3v) is 0.790. The first-order valence-electron chi connectivity index (χ1n) is 1.58. The van der Waals surface area contributed by atoms with Crippen molar-refractivity contribution in [2.75, 3.05) is 13.1 Å². The molecule has 7 heavy (non-hydrogen) atoms. The Labute approximate surface area is 45.0 Å². The summed E-state index contributed by atoms with van der Waals surface area (Å²) in [5.74, 6) is 0. The Kier molecular flexibility index (Phi) is 3.78. The maximum atomic E-state index is 11.0. The molecule has 0 saturated heterocycles. The van der Waals surface area contributed by atoms with E-state index in [0.29, 0.717) is 0 Å². The molecule has 0 aromatic heterocycles. The Morgan fingerprint density at radius 1 is 2.00 bits per heavy atom. The molecular formula is C3H5FO2S. The van der Waals surface area contributed by atoms with E-state index in [4.69, 9.17) is 0 Å². The second kappa shape index (κ2) is 3.92. The fourth-order valence-corrected chi connectivity index (χ4v) is 0.266. The second-order valence-electron chi connectivity index (χ2n) is 0.708. The van der Waals surface area contributed by atoms with E-state index in [0.717, 1.165) is 11.8 Å². The molecule has 0 aliphatic carbocycles. The van der Waals surface area contributed by atoms with Gasteiger partial charge in [-0.1, -0.05) is 0 Å². The summed E-state index contributed by atoms with van der Waals surface area (Å²) < 4.78 is 14.8. The van der Waals surface area contributed by atoms with Gasteiger partial charge in [0.25, 0.3) is 0 Å². The number of carbonyl (C=O) groups excluding carboxylic acids is 1. The van der Waals surface area contributed by atoms with Gasteiger partial charge in [0.1, 0.15) is 0 Å². The third kappa shape index (κ3) is 3.58. The van der Waals surface area contributed by atoms with Gasteiger partial charge in [0.2, 0.25) is 6.86 Å². The summed E-state index contributed by atoms with van der Waals surface area (Å²) in [7, 11) is 0. The Morgan fingerprint density at radius 2 is 2.57 bits per heavy atom. The van der Waals surface area contributed by atoms with E-state index in [2.05, 4.69) is 4.74 Å². The summed E-state index contributed by atoms with van der Waals surface area (Å²) >= 11 is 0.848. The molecule has 0 radical (unpaired) electrons. The SMILES string of the molecule is CSC(=O)OCF. The van der Waals surface area contributed by atoms with Crippen LogP contribution in [0.2, 0.25) is 0 Å². The van der Waals surface area contributed by atoms with Crippen LogP contribution in [0.25, 0.3) is 0 Å². The molecular weight excluding hydrogens is 119 g/mol. The van der Waals surface area contributed by atoms with E-state index in [9.17, 15) is 9.18 Å². The normalized spacial score (nSPS) is 8.29. The molecule has 0 aromatic rings. The van der Waals surface area contributed by atoms with Gasteiger partial charge in [-0.15, -0.1) is 0 Å². The maximum Gasteiger partial charge on any atom is 0.369 e. The van der Waals surface area contributed by atoms with Crippen LogP contribution >= 0.6 is 11.8 Å². The molecule has 0 aliphatic rings. The zero-order valence-corrected chi connectivity index (χ0v) is 4.63. The lowest BCUT2D eigenvalue weighted by Crippen LogP contribution is -1.92. The van der Waals surface area contributed by atoms with Crippen molar-refractivity contribution in [3.63, 3.8) is 0 Å². The number of halogens is 1. The molecule has 0 saturated carbocycles. The van der Waals surface area contributed by atoms with Crippen LogP contribution in [0.4, 0.5) is 9.18 Å². The fraction of sp³-hybridized carbons (Fsp3) is 0.667. The Balaban J connectivity index is 3.00. The summed E-state index contributed by atoms with van der Waals surface area (Å²) in [6.45, 7) is -1.03. The van der Waals surface area contributed by atoms with Gasteiger partial charge in [-0.2, -0.15) is 0 Å². The van der Waals surface area contributed by atoms with E-state index in [1.54, 1.807) is 0 Å². The Bertz CT molecular complexity index is 66.0. The molecule has 0 bridgehead atoms. The molecule has 0 atom stereocenters. The van der Waals surface area contributed by atoms with Crippen molar-refractivity contribution in [3.05, 3.63) is 0 Å². The molecule has 0 rings (SSSR count). The van der Waals surface area contributed by atoms with Gasteiger partial charge in [-0.3, -0.25) is 0 Å². The first kappa shape index (κ1) is 6.75. The van der Waals surface area contributed by atoms with Crippen molar-refractivity contribution in [1.29, 1.82) is 0 Å². The summed E-state index contributed by atoms with van der Waals surface area (Å²) in [6.07, 6.45) is 1.53. The number of carbonyl (C=O) groups is 1. The summed E-state index contributed by atoms with van der Waals surface area (Å²) in [4.78, 5) is 9.91. The maximum absolute atomic E-state index is 11.0. The van der Waals surface area contributed by atoms with Crippen molar-refractivity contribution in [1.82, 2.24) is 0 Å². The third-order valence-electron chi connectivity index (χ3n) is 0.339. The van der Waals surface area contributed by atoms with Gasteiger partial charge in [0.05, 0.1) is 0 Å². The minimum atomic E-state index is -1.03. The number of rotatable bonds is 1. The smallest absolute Gasteiger partial charge is 0.369 e. The van der Waals surface area contributed by atoms with Crippen molar-refractivity contribution >= 4 is 17.1 Å². The van der Waals surface area contributed by atoms with Gasteiger partial charge in [0.15, 0.2) is 0 Å². The van der Waals surface area contributed by atoms with Crippen LogP contribution in [-0.2, 0) is 4.74 Å². The average molecular weight is 124 g/mol. The molecule has 0 unspecified atom stereocenters. The Morgan fingerprint density at radius 3 is 2.71 bits per heavy atom. The minimum absolute atomic E-state index is 0.581. The largest absolute Gasteiger partial charge is 0.426 e. The highest BCUT2D eigenvalue weighted by Crippen LogP contribution is 1.97. The lowest BCUT2D eigenvalue weighted by Gasteiger charge is -1.90. The number of hydrogen-bond acceptors (Lipinski definition) is 3. The number of thioether (sulfide) groups is 1. The van der Waals surface area contributed by atoms with Gasteiger partial charge >= 0.3 is 5.30 Å². The van der Waals surface area contributed by atoms with Crippen LogP contribution in [0.3, 0.4) is 0 Å². The molecule has 0 spiro atoms. The van der Waals surface area contributed by atoms with Crippen LogP contribution in [0, 0.1) is 0 Å². The van der Waals surface area contributed by atoms with Gasteiger partial charge in [-0.05, 0) is 18.0 Å². The quantitative estimate of drug-likeness (QED) is 0.494. The highest BCUT2D eigenvalue weighted by Gasteiger charge is 1.93. The van der Waals surface area contributed by atoms with Crippen LogP contribution in [0.15, 0.2) is 0 Å². The number of alkyl halides is 1. The standard InChI is InChI=1S/C3H5FO2S/c1-7-3(5)6-2-4/h2H2,1H3. The van der Waals surface area contributed by atoms with Crippen LogP contribution in [0.5, 0.6) is 0 Å². The van der Waals surface area contributed by atoms with E-state index >= 15 is 0 Å². The molecule has 0 aromatic carbocycles. The average Bonchev–Trinajstić information content (AvgIpc) is 1.68. The summed E-state index contributed by atoms with van der Waals surface area (Å²) in [6, 6.07) is 0. The molecule has 2 nitrogen and oxygen atoms in total. The number of ether oxygens (including phenoxy) is 1. The molecule has 4 heteroatoms. The predicted molar refractivity (Wildman–Crippen MR) is 26.0 cm³/mol. The first-order chi connectivity index (χ1) is 3.31. The highest BCUT2D eigenvalue weighted by atomic mass is 32.2. The predicted octanol–water partition coefficient (Wildman–Crippen LogP) is 1.41. The second-order valence-corrected chi connectivity index (χ2v) is 1.45. The zero-order valence-electron chi connectivity index (χ0n) is 3.81. The monoisotopic (exact) mass is 124 g/mol. The summed E-state index contributed by atoms with van der Waals surface area (Å²) in [5, 5.41) is -0.581. The van der Waals surface area contributed by atoms with E-state index < -0.39 is 12.2 Å². The Hall–Kier alpha value is -0.250. The van der Waals surface area contributed by atoms with E-state index in [1.807, 2.05) is 0 Å². The van der Waals surface area contributed by atoms with Crippen LogP contribution < -0.4 is 0 Å². The van der Waals surface area contributed by atoms with Crippen LogP contribution in [0.1, 0.15) is 0 Å². The van der Waals surface area contributed by atoms with Crippen molar-refractivity contribution < 1.29 is 13.9 Å². The van der Waals surface area contributed by atoms with Crippen molar-refractivity contribution in [2.24, 2.45) is 0 Å². The molecule has 42 valence electrons. The number of hydrogen-bond donors (Lipinski definition) is 0. The van der Waals surface area contributed by atoms with Gasteiger partial charge in [0, 0.05) is 0 Å². The van der Waals surface area contributed by atoms with E-state index in [1.165, 1.54) is 6.26 Å².